The van der Waals surface area contributed by atoms with Crippen LogP contribution in [0.3, 0.4) is 0 Å². The Labute approximate surface area is 120 Å². The van der Waals surface area contributed by atoms with Gasteiger partial charge < -0.3 is 5.73 Å². The molecule has 1 unspecified atom stereocenters. The summed E-state index contributed by atoms with van der Waals surface area (Å²) in [6.07, 6.45) is 0. The first-order chi connectivity index (χ1) is 8.49. The van der Waals surface area contributed by atoms with Crippen LogP contribution in [0.1, 0.15) is 17.2 Å². The molecule has 1 nitrogen and oxygen atoms in total. The van der Waals surface area contributed by atoms with Gasteiger partial charge >= 0.3 is 0 Å². The zero-order valence-electron chi connectivity index (χ0n) is 9.13. The van der Waals surface area contributed by atoms with Gasteiger partial charge in [0, 0.05) is 0 Å². The van der Waals surface area contributed by atoms with Gasteiger partial charge in [-0.25, -0.2) is 8.78 Å². The molecular weight excluding hydrogens is 368 g/mol. The van der Waals surface area contributed by atoms with Gasteiger partial charge in [0.05, 0.1) is 15.0 Å². The normalized spacial score (nSPS) is 12.5. The van der Waals surface area contributed by atoms with Gasteiger partial charge in [0.2, 0.25) is 0 Å². The smallest absolute Gasteiger partial charge is 0.137 e. The van der Waals surface area contributed by atoms with E-state index >= 15 is 0 Å². The summed E-state index contributed by atoms with van der Waals surface area (Å²) in [6, 6.07) is 8.72. The summed E-state index contributed by atoms with van der Waals surface area (Å²) in [5.41, 5.74) is 7.38. The average molecular weight is 377 g/mol. The molecule has 18 heavy (non-hydrogen) atoms. The Balaban J connectivity index is 2.37. The summed E-state index contributed by atoms with van der Waals surface area (Å²) in [4.78, 5) is 0. The highest BCUT2D eigenvalue weighted by Gasteiger charge is 2.12. The molecule has 94 valence electrons. The predicted molar refractivity (Wildman–Crippen MR) is 74.2 cm³/mol. The lowest BCUT2D eigenvalue weighted by molar-refractivity contribution is 0.614. The molecule has 0 saturated carbocycles. The van der Waals surface area contributed by atoms with Crippen molar-refractivity contribution < 1.29 is 8.78 Å². The van der Waals surface area contributed by atoms with E-state index in [1.54, 1.807) is 24.3 Å². The maximum Gasteiger partial charge on any atom is 0.137 e. The van der Waals surface area contributed by atoms with Gasteiger partial charge in [0.1, 0.15) is 11.6 Å². The summed E-state index contributed by atoms with van der Waals surface area (Å²) < 4.78 is 27.3. The minimum absolute atomic E-state index is 0.341. The molecule has 0 saturated heterocycles. The Bertz CT molecular complexity index is 536. The van der Waals surface area contributed by atoms with Gasteiger partial charge in [-0.2, -0.15) is 0 Å². The van der Waals surface area contributed by atoms with Crippen LogP contribution in [0.25, 0.3) is 0 Å². The Morgan fingerprint density at radius 1 is 0.833 bits per heavy atom. The standard InChI is InChI=1S/C13H9Br2F2N/c14-9-3-1-8(6-12(9)17)13(18)7-2-4-11(16)10(15)5-7/h1-6,13H,18H2. The van der Waals surface area contributed by atoms with Crippen molar-refractivity contribution in [2.45, 2.75) is 6.04 Å². The van der Waals surface area contributed by atoms with Crippen molar-refractivity contribution in [3.05, 3.63) is 68.1 Å². The van der Waals surface area contributed by atoms with E-state index in [0.29, 0.717) is 20.1 Å². The second-order valence-electron chi connectivity index (χ2n) is 3.82. The maximum atomic E-state index is 13.4. The van der Waals surface area contributed by atoms with Crippen molar-refractivity contribution in [2.75, 3.05) is 0 Å². The highest BCUT2D eigenvalue weighted by Crippen LogP contribution is 2.26. The summed E-state index contributed by atoms with van der Waals surface area (Å²) in [5, 5.41) is 0. The SMILES string of the molecule is NC(c1ccc(Br)c(F)c1)c1ccc(F)c(Br)c1. The molecule has 2 N–H and O–H groups in total. The molecule has 0 aliphatic carbocycles. The largest absolute Gasteiger partial charge is 0.320 e. The summed E-state index contributed by atoms with van der Waals surface area (Å²) in [7, 11) is 0. The molecule has 0 radical (unpaired) electrons. The monoisotopic (exact) mass is 375 g/mol. The molecule has 1 atom stereocenters. The van der Waals surface area contributed by atoms with Crippen LogP contribution in [0, 0.1) is 11.6 Å². The molecule has 0 amide bonds. The first-order valence-electron chi connectivity index (χ1n) is 5.14. The molecule has 0 spiro atoms. The maximum absolute atomic E-state index is 13.4. The van der Waals surface area contributed by atoms with Crippen molar-refractivity contribution in [1.29, 1.82) is 0 Å². The molecule has 0 aliphatic heterocycles. The first-order valence-corrected chi connectivity index (χ1v) is 6.73. The second kappa shape index (κ2) is 5.47. The van der Waals surface area contributed by atoms with E-state index in [4.69, 9.17) is 5.73 Å². The zero-order valence-corrected chi connectivity index (χ0v) is 12.3. The van der Waals surface area contributed by atoms with Gasteiger partial charge in [-0.15, -0.1) is 0 Å². The third-order valence-corrected chi connectivity index (χ3v) is 3.86. The molecule has 0 aliphatic rings. The van der Waals surface area contributed by atoms with E-state index in [2.05, 4.69) is 31.9 Å². The molecule has 2 aromatic rings. The van der Waals surface area contributed by atoms with Crippen LogP contribution in [0.15, 0.2) is 45.3 Å². The van der Waals surface area contributed by atoms with Crippen LogP contribution in [-0.4, -0.2) is 0 Å². The van der Waals surface area contributed by atoms with Crippen LogP contribution in [0.4, 0.5) is 8.78 Å². The van der Waals surface area contributed by atoms with Crippen molar-refractivity contribution in [3.63, 3.8) is 0 Å². The van der Waals surface area contributed by atoms with E-state index < -0.39 is 6.04 Å². The molecule has 5 heteroatoms. The third kappa shape index (κ3) is 2.79. The number of halogens is 4. The molecule has 0 bridgehead atoms. The molecule has 0 fully saturated rings. The lowest BCUT2D eigenvalue weighted by Crippen LogP contribution is -2.12. The number of benzene rings is 2. The molecule has 0 heterocycles. The second-order valence-corrected chi connectivity index (χ2v) is 5.53. The lowest BCUT2D eigenvalue weighted by atomic mass is 10.00. The third-order valence-electron chi connectivity index (χ3n) is 2.61. The van der Waals surface area contributed by atoms with Crippen molar-refractivity contribution in [1.82, 2.24) is 0 Å². The van der Waals surface area contributed by atoms with Gasteiger partial charge in [-0.05, 0) is 67.3 Å². The van der Waals surface area contributed by atoms with E-state index in [1.165, 1.54) is 12.1 Å². The van der Waals surface area contributed by atoms with Crippen LogP contribution < -0.4 is 5.73 Å². The van der Waals surface area contributed by atoms with Crippen molar-refractivity contribution >= 4 is 31.9 Å². The number of hydrogen-bond donors (Lipinski definition) is 1. The minimum atomic E-state index is -0.496. The lowest BCUT2D eigenvalue weighted by Gasteiger charge is -2.13. The Morgan fingerprint density at radius 2 is 1.44 bits per heavy atom. The quantitative estimate of drug-likeness (QED) is 0.818. The zero-order chi connectivity index (χ0) is 13.3. The molecule has 2 rings (SSSR count). The van der Waals surface area contributed by atoms with Crippen LogP contribution in [0.5, 0.6) is 0 Å². The molecule has 0 aromatic heterocycles. The molecule has 2 aromatic carbocycles. The Hall–Kier alpha value is -0.780. The number of hydrogen-bond acceptors (Lipinski definition) is 1. The van der Waals surface area contributed by atoms with Crippen molar-refractivity contribution in [3.8, 4) is 0 Å². The Kier molecular flexibility index (Phi) is 4.14. The number of rotatable bonds is 2. The fraction of sp³-hybridized carbons (Fsp3) is 0.0769. The van der Waals surface area contributed by atoms with Crippen LogP contribution in [0.2, 0.25) is 0 Å². The summed E-state index contributed by atoms with van der Waals surface area (Å²) in [5.74, 6) is -0.725. The van der Waals surface area contributed by atoms with Crippen molar-refractivity contribution in [2.24, 2.45) is 5.73 Å². The highest BCUT2D eigenvalue weighted by molar-refractivity contribution is 9.10. The van der Waals surface area contributed by atoms with Crippen LogP contribution >= 0.6 is 31.9 Å². The topological polar surface area (TPSA) is 26.0 Å². The average Bonchev–Trinajstić information content (AvgIpc) is 2.35. The fourth-order valence-corrected chi connectivity index (χ4v) is 2.25. The van der Waals surface area contributed by atoms with E-state index in [0.717, 1.165) is 0 Å². The van der Waals surface area contributed by atoms with Crippen LogP contribution in [-0.2, 0) is 0 Å². The highest BCUT2D eigenvalue weighted by atomic mass is 79.9. The minimum Gasteiger partial charge on any atom is -0.320 e. The number of nitrogens with two attached hydrogens (primary N) is 1. The van der Waals surface area contributed by atoms with Gasteiger partial charge in [-0.3, -0.25) is 0 Å². The van der Waals surface area contributed by atoms with E-state index in [9.17, 15) is 8.78 Å². The molecular formula is C13H9Br2F2N. The fourth-order valence-electron chi connectivity index (χ4n) is 1.60. The Morgan fingerprint density at radius 3 is 2.06 bits per heavy atom. The van der Waals surface area contributed by atoms with E-state index in [-0.39, 0.29) is 11.6 Å². The van der Waals surface area contributed by atoms with Gasteiger partial charge in [-0.1, -0.05) is 12.1 Å². The first kappa shape index (κ1) is 13.6. The van der Waals surface area contributed by atoms with Gasteiger partial charge in [0.15, 0.2) is 0 Å². The van der Waals surface area contributed by atoms with E-state index in [1.807, 2.05) is 0 Å². The van der Waals surface area contributed by atoms with Gasteiger partial charge in [0.25, 0.3) is 0 Å². The summed E-state index contributed by atoms with van der Waals surface area (Å²) in [6.45, 7) is 0. The predicted octanol–water partition coefficient (Wildman–Crippen LogP) is 4.54. The summed E-state index contributed by atoms with van der Waals surface area (Å²) >= 11 is 6.18.